The molecule has 0 unspecified atom stereocenters. The van der Waals surface area contributed by atoms with Crippen LogP contribution < -0.4 is 9.64 Å². The van der Waals surface area contributed by atoms with E-state index in [1.807, 2.05) is 6.07 Å². The molecule has 0 heterocycles. The Labute approximate surface area is 209 Å². The van der Waals surface area contributed by atoms with Gasteiger partial charge < -0.3 is 14.9 Å². The van der Waals surface area contributed by atoms with E-state index in [-0.39, 0.29) is 18.1 Å². The number of ether oxygens (including phenoxy) is 1. The number of rotatable bonds is 7. The van der Waals surface area contributed by atoms with Crippen LogP contribution in [0.4, 0.5) is 5.69 Å². The molecule has 8 heteroatoms. The summed E-state index contributed by atoms with van der Waals surface area (Å²) in [5, 5.41) is 19.5. The van der Waals surface area contributed by atoms with E-state index < -0.39 is 12.0 Å². The van der Waals surface area contributed by atoms with Crippen molar-refractivity contribution in [2.24, 2.45) is 0 Å². The van der Waals surface area contributed by atoms with Crippen LogP contribution in [0.1, 0.15) is 23.6 Å². The monoisotopic (exact) mass is 575 g/mol. The third kappa shape index (κ3) is 5.75. The largest absolute Gasteiger partial charge is 0.507 e. The van der Waals surface area contributed by atoms with Crippen molar-refractivity contribution in [3.8, 4) is 17.2 Å². The summed E-state index contributed by atoms with van der Waals surface area (Å²) in [4.78, 5) is 26.1. The topological polar surface area (TPSA) is 87.1 Å². The number of hydrogen-bond donors (Lipinski definition) is 2. The van der Waals surface area contributed by atoms with Crippen molar-refractivity contribution in [3.63, 3.8) is 0 Å². The van der Waals surface area contributed by atoms with Gasteiger partial charge in [0, 0.05) is 5.69 Å². The number of phenolic OH excluding ortho intramolecular Hbond substituents is 1. The molecule has 0 fully saturated rings. The fourth-order valence-corrected chi connectivity index (χ4v) is 4.89. The van der Waals surface area contributed by atoms with E-state index in [0.29, 0.717) is 42.8 Å². The molecule has 1 amide bonds. The van der Waals surface area contributed by atoms with Gasteiger partial charge in [0.2, 0.25) is 5.91 Å². The quantitative estimate of drug-likeness (QED) is 0.341. The Morgan fingerprint density at radius 2 is 1.55 bits per heavy atom. The molecule has 3 aromatic rings. The van der Waals surface area contributed by atoms with E-state index in [0.717, 1.165) is 0 Å². The van der Waals surface area contributed by atoms with Crippen LogP contribution in [0.3, 0.4) is 0 Å². The number of carboxylic acids is 1. The second-order valence-corrected chi connectivity index (χ2v) is 9.40. The molecule has 0 spiro atoms. The predicted octanol–water partition coefficient (Wildman–Crippen LogP) is 6.38. The number of aryl methyl sites for hydroxylation is 2. The summed E-state index contributed by atoms with van der Waals surface area (Å²) in [5.41, 5.74) is 2.61. The number of aromatic hydroxyl groups is 1. The van der Waals surface area contributed by atoms with Crippen LogP contribution in [-0.4, -0.2) is 28.1 Å². The van der Waals surface area contributed by atoms with Crippen molar-refractivity contribution in [2.45, 2.75) is 33.2 Å². The standard InChI is InChI=1S/C25H23Br2NO5/c1-14-9-19(10-15(2)23(14)30)33-24-20(26)11-17(12-21(24)27)13-22(29)28(16(3)25(31)32)18-7-5-4-6-8-18/h4-12,16,30H,13H2,1-3H3,(H,31,32)/t16-/m0/s1. The number of para-hydroxylation sites is 1. The zero-order valence-corrected chi connectivity index (χ0v) is 21.5. The number of carbonyl (C=O) groups excluding carboxylic acids is 1. The lowest BCUT2D eigenvalue weighted by molar-refractivity contribution is -0.139. The molecule has 0 aliphatic rings. The fourth-order valence-electron chi connectivity index (χ4n) is 3.45. The number of carbonyl (C=O) groups is 2. The number of halogens is 2. The Morgan fingerprint density at radius 1 is 1.00 bits per heavy atom. The molecule has 6 nitrogen and oxygen atoms in total. The number of hydrogen-bond acceptors (Lipinski definition) is 4. The summed E-state index contributed by atoms with van der Waals surface area (Å²) in [6.07, 6.45) is 0.00141. The van der Waals surface area contributed by atoms with Crippen molar-refractivity contribution in [1.82, 2.24) is 0 Å². The van der Waals surface area contributed by atoms with Gasteiger partial charge in [0.1, 0.15) is 17.5 Å². The lowest BCUT2D eigenvalue weighted by Gasteiger charge is -2.27. The first kappa shape index (κ1) is 24.8. The van der Waals surface area contributed by atoms with E-state index in [1.54, 1.807) is 62.4 Å². The molecule has 0 aliphatic carbocycles. The van der Waals surface area contributed by atoms with Crippen molar-refractivity contribution < 1.29 is 24.5 Å². The van der Waals surface area contributed by atoms with E-state index in [2.05, 4.69) is 31.9 Å². The first-order valence-electron chi connectivity index (χ1n) is 10.1. The molecule has 2 N–H and O–H groups in total. The summed E-state index contributed by atoms with van der Waals surface area (Å²) in [7, 11) is 0. The second-order valence-electron chi connectivity index (χ2n) is 7.69. The van der Waals surface area contributed by atoms with Crippen LogP contribution >= 0.6 is 31.9 Å². The number of carboxylic acid groups (broad SMARTS) is 1. The molecule has 0 saturated carbocycles. The highest BCUT2D eigenvalue weighted by molar-refractivity contribution is 9.11. The van der Waals surface area contributed by atoms with Crippen LogP contribution in [0, 0.1) is 13.8 Å². The molecular formula is C25H23Br2NO5. The Bertz CT molecular complexity index is 1150. The Kier molecular flexibility index (Phi) is 7.81. The summed E-state index contributed by atoms with van der Waals surface area (Å²) >= 11 is 7.02. The molecule has 3 rings (SSSR count). The van der Waals surface area contributed by atoms with Crippen molar-refractivity contribution >= 4 is 49.4 Å². The van der Waals surface area contributed by atoms with Gasteiger partial charge in [-0.05, 0) is 106 Å². The van der Waals surface area contributed by atoms with Crippen molar-refractivity contribution in [2.75, 3.05) is 4.90 Å². The van der Waals surface area contributed by atoms with E-state index in [4.69, 9.17) is 4.74 Å². The highest BCUT2D eigenvalue weighted by Gasteiger charge is 2.27. The van der Waals surface area contributed by atoms with Gasteiger partial charge in [-0.2, -0.15) is 0 Å². The predicted molar refractivity (Wildman–Crippen MR) is 134 cm³/mol. The third-order valence-corrected chi connectivity index (χ3v) is 6.32. The zero-order chi connectivity index (χ0) is 24.3. The summed E-state index contributed by atoms with van der Waals surface area (Å²) in [6, 6.07) is 14.8. The maximum Gasteiger partial charge on any atom is 0.326 e. The molecule has 0 radical (unpaired) electrons. The number of aliphatic carboxylic acids is 1. The number of anilines is 1. The molecule has 0 aromatic heterocycles. The van der Waals surface area contributed by atoms with Gasteiger partial charge in [-0.15, -0.1) is 0 Å². The van der Waals surface area contributed by atoms with Crippen LogP contribution in [0.2, 0.25) is 0 Å². The van der Waals surface area contributed by atoms with Crippen LogP contribution in [0.5, 0.6) is 17.2 Å². The van der Waals surface area contributed by atoms with E-state index in [1.165, 1.54) is 11.8 Å². The van der Waals surface area contributed by atoms with Crippen molar-refractivity contribution in [3.05, 3.63) is 80.2 Å². The smallest absolute Gasteiger partial charge is 0.326 e. The molecule has 0 saturated heterocycles. The fraction of sp³-hybridized carbons (Fsp3) is 0.200. The van der Waals surface area contributed by atoms with Crippen LogP contribution in [-0.2, 0) is 16.0 Å². The number of nitrogens with zero attached hydrogens (tertiary/aromatic N) is 1. The number of amides is 1. The normalized spacial score (nSPS) is 11.7. The first-order chi connectivity index (χ1) is 15.6. The van der Waals surface area contributed by atoms with Crippen molar-refractivity contribution in [1.29, 1.82) is 0 Å². The number of phenols is 1. The minimum absolute atomic E-state index is 0.00141. The molecule has 33 heavy (non-hydrogen) atoms. The molecule has 3 aromatic carbocycles. The highest BCUT2D eigenvalue weighted by Crippen LogP contribution is 2.39. The summed E-state index contributed by atoms with van der Waals surface area (Å²) in [6.45, 7) is 5.08. The summed E-state index contributed by atoms with van der Waals surface area (Å²) < 4.78 is 7.28. The average Bonchev–Trinajstić information content (AvgIpc) is 2.75. The lowest BCUT2D eigenvalue weighted by atomic mass is 10.1. The SMILES string of the molecule is Cc1cc(Oc2c(Br)cc(CC(=O)N(c3ccccc3)[C@@H](C)C(=O)O)cc2Br)cc(C)c1O. The third-order valence-electron chi connectivity index (χ3n) is 5.15. The van der Waals surface area contributed by atoms with E-state index in [9.17, 15) is 19.8 Å². The van der Waals surface area contributed by atoms with Gasteiger partial charge in [-0.3, -0.25) is 9.69 Å². The van der Waals surface area contributed by atoms with Gasteiger partial charge in [0.05, 0.1) is 15.4 Å². The van der Waals surface area contributed by atoms with Crippen LogP contribution in [0.25, 0.3) is 0 Å². The zero-order valence-electron chi connectivity index (χ0n) is 18.3. The maximum atomic E-state index is 13.1. The molecule has 1 atom stereocenters. The van der Waals surface area contributed by atoms with Gasteiger partial charge >= 0.3 is 5.97 Å². The molecule has 0 aliphatic heterocycles. The van der Waals surface area contributed by atoms with Gasteiger partial charge in [-0.1, -0.05) is 18.2 Å². The Hall–Kier alpha value is -2.84. The second kappa shape index (κ2) is 10.4. The first-order valence-corrected chi connectivity index (χ1v) is 11.7. The number of benzene rings is 3. The molecule has 0 bridgehead atoms. The molecule has 172 valence electrons. The minimum atomic E-state index is -1.09. The van der Waals surface area contributed by atoms with E-state index >= 15 is 0 Å². The Morgan fingerprint density at radius 3 is 2.06 bits per heavy atom. The maximum absolute atomic E-state index is 13.1. The summed E-state index contributed by atoms with van der Waals surface area (Å²) in [5.74, 6) is -0.105. The average molecular weight is 577 g/mol. The van der Waals surface area contributed by atoms with Crippen LogP contribution in [0.15, 0.2) is 63.5 Å². The van der Waals surface area contributed by atoms with Gasteiger partial charge in [0.25, 0.3) is 0 Å². The lowest BCUT2D eigenvalue weighted by Crippen LogP contribution is -2.44. The van der Waals surface area contributed by atoms with Gasteiger partial charge in [-0.25, -0.2) is 4.79 Å². The minimum Gasteiger partial charge on any atom is -0.507 e. The Balaban J connectivity index is 1.87. The van der Waals surface area contributed by atoms with Gasteiger partial charge in [0.15, 0.2) is 5.75 Å². The molecular weight excluding hydrogens is 554 g/mol. The highest BCUT2D eigenvalue weighted by atomic mass is 79.9.